The van der Waals surface area contributed by atoms with E-state index in [1.54, 1.807) is 11.3 Å². The van der Waals surface area contributed by atoms with E-state index in [0.29, 0.717) is 0 Å². The van der Waals surface area contributed by atoms with Crippen LogP contribution in [0, 0.1) is 0 Å². The first kappa shape index (κ1) is 13.1. The average molecular weight is 294 g/mol. The molecule has 21 heavy (non-hydrogen) atoms. The van der Waals surface area contributed by atoms with E-state index >= 15 is 0 Å². The Labute approximate surface area is 128 Å². The molecule has 0 fully saturated rings. The number of hydrogen-bond donors (Lipinski definition) is 1. The fraction of sp³-hybridized carbons (Fsp3) is 0.263. The summed E-state index contributed by atoms with van der Waals surface area (Å²) < 4.78 is 1.23. The van der Waals surface area contributed by atoms with Crippen LogP contribution in [0.25, 0.3) is 10.1 Å². The molecule has 1 aromatic heterocycles. The average Bonchev–Trinajstić information content (AvgIpc) is 3.02. The van der Waals surface area contributed by atoms with Crippen LogP contribution in [-0.4, -0.2) is 5.11 Å². The number of hydrogen-bond acceptors (Lipinski definition) is 2. The van der Waals surface area contributed by atoms with Gasteiger partial charge in [-0.05, 0) is 52.8 Å². The number of aryl methyl sites for hydroxylation is 1. The summed E-state index contributed by atoms with van der Waals surface area (Å²) in [6.07, 6.45) is 2.97. The molecule has 106 valence electrons. The number of rotatable bonds is 2. The van der Waals surface area contributed by atoms with Crippen LogP contribution in [0.1, 0.15) is 41.6 Å². The Balaban J connectivity index is 1.79. The first-order chi connectivity index (χ1) is 10.3. The normalized spacial score (nSPS) is 19.4. The quantitative estimate of drug-likeness (QED) is 0.701. The second-order valence-corrected chi connectivity index (χ2v) is 6.74. The van der Waals surface area contributed by atoms with Gasteiger partial charge in [-0.2, -0.15) is 0 Å². The molecule has 1 aliphatic rings. The van der Waals surface area contributed by atoms with E-state index in [-0.39, 0.29) is 5.92 Å². The van der Waals surface area contributed by atoms with Gasteiger partial charge in [0, 0.05) is 10.6 Å². The van der Waals surface area contributed by atoms with Gasteiger partial charge in [-0.15, -0.1) is 11.3 Å². The number of benzene rings is 2. The second kappa shape index (κ2) is 5.28. The zero-order valence-corrected chi connectivity index (χ0v) is 12.6. The highest BCUT2D eigenvalue weighted by Gasteiger charge is 2.28. The minimum atomic E-state index is -0.409. The van der Waals surface area contributed by atoms with Gasteiger partial charge < -0.3 is 5.11 Å². The molecule has 0 amide bonds. The van der Waals surface area contributed by atoms with Crippen LogP contribution in [0.5, 0.6) is 0 Å². The third-order valence-electron chi connectivity index (χ3n) is 4.63. The van der Waals surface area contributed by atoms with Crippen molar-refractivity contribution >= 4 is 21.4 Å². The van der Waals surface area contributed by atoms with Crippen molar-refractivity contribution in [2.24, 2.45) is 0 Å². The molecule has 2 aromatic carbocycles. The highest BCUT2D eigenvalue weighted by molar-refractivity contribution is 7.17. The van der Waals surface area contributed by atoms with E-state index in [1.807, 2.05) is 0 Å². The molecule has 2 atom stereocenters. The summed E-state index contributed by atoms with van der Waals surface area (Å²) in [6.45, 7) is 0. The van der Waals surface area contributed by atoms with Crippen LogP contribution in [0.2, 0.25) is 0 Å². The topological polar surface area (TPSA) is 20.2 Å². The van der Waals surface area contributed by atoms with Gasteiger partial charge in [-0.1, -0.05) is 42.5 Å². The summed E-state index contributed by atoms with van der Waals surface area (Å²) in [5.41, 5.74) is 3.83. The maximum Gasteiger partial charge on any atom is 0.0872 e. The van der Waals surface area contributed by atoms with E-state index in [2.05, 4.69) is 53.9 Å². The van der Waals surface area contributed by atoms with Gasteiger partial charge in [-0.25, -0.2) is 0 Å². The molecule has 0 bridgehead atoms. The Morgan fingerprint density at radius 2 is 1.95 bits per heavy atom. The van der Waals surface area contributed by atoms with E-state index in [4.69, 9.17) is 0 Å². The molecule has 0 saturated heterocycles. The molecule has 2 unspecified atom stereocenters. The molecule has 3 aromatic rings. The highest BCUT2D eigenvalue weighted by Crippen LogP contribution is 2.42. The van der Waals surface area contributed by atoms with Gasteiger partial charge in [0.1, 0.15) is 0 Å². The maximum atomic E-state index is 11.0. The Bertz CT molecular complexity index is 774. The van der Waals surface area contributed by atoms with E-state index in [9.17, 15) is 5.11 Å². The third kappa shape index (κ3) is 2.19. The largest absolute Gasteiger partial charge is 0.388 e. The Hall–Kier alpha value is -1.64. The molecule has 0 spiro atoms. The van der Waals surface area contributed by atoms with E-state index < -0.39 is 6.10 Å². The van der Waals surface area contributed by atoms with Crippen LogP contribution >= 0.6 is 11.3 Å². The standard InChI is InChI=1S/C19H18OS/c20-18(17-10-4-7-14-11-12-21-19(14)17)16-9-3-6-13-5-1-2-8-15(13)16/h1-2,4-5,7-8,10-12,16,18,20H,3,6,9H2. The minimum Gasteiger partial charge on any atom is -0.388 e. The van der Waals surface area contributed by atoms with Crippen molar-refractivity contribution < 1.29 is 5.11 Å². The lowest BCUT2D eigenvalue weighted by Gasteiger charge is -2.30. The van der Waals surface area contributed by atoms with Gasteiger partial charge in [0.2, 0.25) is 0 Å². The fourth-order valence-electron chi connectivity index (χ4n) is 3.59. The molecule has 1 N–H and O–H groups in total. The van der Waals surface area contributed by atoms with Crippen molar-refractivity contribution in [1.82, 2.24) is 0 Å². The predicted molar refractivity (Wildman–Crippen MR) is 88.9 cm³/mol. The van der Waals surface area contributed by atoms with Crippen molar-refractivity contribution in [2.45, 2.75) is 31.3 Å². The van der Waals surface area contributed by atoms with Crippen LogP contribution < -0.4 is 0 Å². The number of thiophene rings is 1. The summed E-state index contributed by atoms with van der Waals surface area (Å²) in [4.78, 5) is 0. The lowest BCUT2D eigenvalue weighted by molar-refractivity contribution is 0.137. The number of aliphatic hydroxyl groups excluding tert-OH is 1. The molecule has 1 nitrogen and oxygen atoms in total. The third-order valence-corrected chi connectivity index (χ3v) is 5.60. The zero-order chi connectivity index (χ0) is 14.2. The molecule has 1 aliphatic carbocycles. The molecule has 0 aliphatic heterocycles. The van der Waals surface area contributed by atoms with Crippen molar-refractivity contribution in [3.8, 4) is 0 Å². The van der Waals surface area contributed by atoms with Gasteiger partial charge >= 0.3 is 0 Å². The van der Waals surface area contributed by atoms with Crippen LogP contribution in [0.15, 0.2) is 53.9 Å². The van der Waals surface area contributed by atoms with Gasteiger partial charge in [-0.3, -0.25) is 0 Å². The lowest BCUT2D eigenvalue weighted by Crippen LogP contribution is -2.17. The van der Waals surface area contributed by atoms with Crippen molar-refractivity contribution in [3.05, 3.63) is 70.6 Å². The van der Waals surface area contributed by atoms with Crippen LogP contribution in [0.4, 0.5) is 0 Å². The predicted octanol–water partition coefficient (Wildman–Crippen LogP) is 5.05. The summed E-state index contributed by atoms with van der Waals surface area (Å²) >= 11 is 1.73. The fourth-order valence-corrected chi connectivity index (χ4v) is 4.53. The SMILES string of the molecule is OC(c1cccc2ccsc12)C1CCCc2ccccc21. The number of aliphatic hydroxyl groups is 1. The molecular formula is C19H18OS. The summed E-state index contributed by atoms with van der Waals surface area (Å²) in [6, 6.07) is 17.0. The monoisotopic (exact) mass is 294 g/mol. The lowest BCUT2D eigenvalue weighted by atomic mass is 9.78. The Morgan fingerprint density at radius 3 is 2.90 bits per heavy atom. The molecule has 2 heteroatoms. The molecule has 4 rings (SSSR count). The molecule has 0 saturated carbocycles. The Kier molecular flexibility index (Phi) is 3.28. The first-order valence-corrected chi connectivity index (χ1v) is 8.44. The molecule has 0 radical (unpaired) electrons. The Morgan fingerprint density at radius 1 is 1.05 bits per heavy atom. The van der Waals surface area contributed by atoms with Crippen molar-refractivity contribution in [3.63, 3.8) is 0 Å². The van der Waals surface area contributed by atoms with Crippen molar-refractivity contribution in [2.75, 3.05) is 0 Å². The van der Waals surface area contributed by atoms with Crippen molar-refractivity contribution in [1.29, 1.82) is 0 Å². The number of fused-ring (bicyclic) bond motifs is 2. The molecule has 1 heterocycles. The van der Waals surface area contributed by atoms with E-state index in [0.717, 1.165) is 18.4 Å². The maximum absolute atomic E-state index is 11.0. The zero-order valence-electron chi connectivity index (χ0n) is 11.8. The summed E-state index contributed by atoms with van der Waals surface area (Å²) in [5.74, 6) is 0.225. The highest BCUT2D eigenvalue weighted by atomic mass is 32.1. The van der Waals surface area contributed by atoms with Crippen LogP contribution in [0.3, 0.4) is 0 Å². The first-order valence-electron chi connectivity index (χ1n) is 7.56. The van der Waals surface area contributed by atoms with E-state index in [1.165, 1.54) is 27.6 Å². The summed E-state index contributed by atoms with van der Waals surface area (Å²) in [5, 5.41) is 14.4. The van der Waals surface area contributed by atoms with Crippen LogP contribution in [-0.2, 0) is 6.42 Å². The minimum absolute atomic E-state index is 0.225. The van der Waals surface area contributed by atoms with Gasteiger partial charge in [0.25, 0.3) is 0 Å². The van der Waals surface area contributed by atoms with Gasteiger partial charge in [0.05, 0.1) is 6.10 Å². The molecular weight excluding hydrogens is 276 g/mol. The second-order valence-electron chi connectivity index (χ2n) is 5.83. The smallest absolute Gasteiger partial charge is 0.0872 e. The summed E-state index contributed by atoms with van der Waals surface area (Å²) in [7, 11) is 0. The van der Waals surface area contributed by atoms with Gasteiger partial charge in [0.15, 0.2) is 0 Å².